The Morgan fingerprint density at radius 2 is 0.653 bits per heavy atom. The van der Waals surface area contributed by atoms with Gasteiger partial charge in [0.15, 0.2) is 18.9 Å². The van der Waals surface area contributed by atoms with Gasteiger partial charge < -0.3 is 89.9 Å². The SMILES string of the molecule is CCCCCCCCCCCCCCCCCCCCCCCCC/C=C/CC/C=C/CC/C=C/C(O)C(COC1OC(CO)C(OC2OC(CO)C(OC3OC(CO)C(O)C(O)C3O)C(O)C2O)C(O)C1O)NC(=O)CCCCCCCCCCCCCCCCCCCCCC. The van der Waals surface area contributed by atoms with E-state index in [-0.39, 0.29) is 18.9 Å². The molecule has 3 aliphatic heterocycles. The number of amides is 1. The van der Waals surface area contributed by atoms with Gasteiger partial charge in [-0.1, -0.05) is 314 Å². The number of aliphatic hydroxyl groups excluding tert-OH is 11. The minimum atomic E-state index is -1.98. The average Bonchev–Trinajstić information content (AvgIpc) is 0.784. The lowest BCUT2D eigenvalue weighted by atomic mass is 9.96. The number of aliphatic hydroxyl groups is 11. The fraction of sp³-hybridized carbons (Fsp3) is 0.911. The number of rotatable bonds is 64. The molecule has 0 aromatic rings. The molecular weight excluding hydrogens is 1250 g/mol. The summed E-state index contributed by atoms with van der Waals surface area (Å²) in [6.07, 6.45) is 47.2. The highest BCUT2D eigenvalue weighted by Gasteiger charge is 2.54. The van der Waals surface area contributed by atoms with Crippen molar-refractivity contribution in [1.82, 2.24) is 5.32 Å². The molecule has 17 atom stereocenters. The van der Waals surface area contributed by atoms with Crippen LogP contribution in [0.3, 0.4) is 0 Å². The number of unbranched alkanes of at least 4 members (excludes halogenated alkanes) is 44. The maximum Gasteiger partial charge on any atom is 0.220 e. The number of hydrogen-bond acceptors (Lipinski definition) is 18. The zero-order valence-electron chi connectivity index (χ0n) is 61.5. The van der Waals surface area contributed by atoms with Crippen molar-refractivity contribution >= 4 is 5.91 Å². The van der Waals surface area contributed by atoms with Gasteiger partial charge >= 0.3 is 0 Å². The van der Waals surface area contributed by atoms with E-state index >= 15 is 0 Å². The van der Waals surface area contributed by atoms with Crippen LogP contribution in [0.5, 0.6) is 0 Å². The smallest absolute Gasteiger partial charge is 0.220 e. The predicted molar refractivity (Wildman–Crippen MR) is 388 cm³/mol. The molecule has 98 heavy (non-hydrogen) atoms. The number of carbonyl (C=O) groups excluding carboxylic acids is 1. The molecule has 3 rings (SSSR count). The van der Waals surface area contributed by atoms with Crippen LogP contribution in [0.15, 0.2) is 36.5 Å². The van der Waals surface area contributed by atoms with Gasteiger partial charge in [0.05, 0.1) is 38.6 Å². The summed E-state index contributed by atoms with van der Waals surface area (Å²) in [5, 5.41) is 121. The van der Waals surface area contributed by atoms with Crippen LogP contribution in [0.2, 0.25) is 0 Å². The predicted octanol–water partition coefficient (Wildman–Crippen LogP) is 13.1. The van der Waals surface area contributed by atoms with Gasteiger partial charge in [0.25, 0.3) is 0 Å². The zero-order valence-corrected chi connectivity index (χ0v) is 61.5. The van der Waals surface area contributed by atoms with Crippen molar-refractivity contribution in [3.63, 3.8) is 0 Å². The van der Waals surface area contributed by atoms with E-state index in [0.717, 1.165) is 44.9 Å². The molecule has 12 N–H and O–H groups in total. The van der Waals surface area contributed by atoms with Crippen molar-refractivity contribution in [2.75, 3.05) is 26.4 Å². The van der Waals surface area contributed by atoms with Gasteiger partial charge in [-0.2, -0.15) is 0 Å². The monoisotopic (exact) mass is 1400 g/mol. The molecule has 3 heterocycles. The van der Waals surface area contributed by atoms with Gasteiger partial charge in [-0.05, 0) is 44.9 Å². The summed E-state index contributed by atoms with van der Waals surface area (Å²) >= 11 is 0. The Labute approximate surface area is 593 Å². The molecule has 17 unspecified atom stereocenters. The highest BCUT2D eigenvalue weighted by atomic mass is 16.8. The molecule has 0 radical (unpaired) electrons. The second kappa shape index (κ2) is 60.3. The molecule has 1 amide bonds. The van der Waals surface area contributed by atoms with E-state index in [0.29, 0.717) is 12.8 Å². The second-order valence-corrected chi connectivity index (χ2v) is 28.9. The lowest BCUT2D eigenvalue weighted by Crippen LogP contribution is -2.66. The van der Waals surface area contributed by atoms with Crippen LogP contribution < -0.4 is 5.32 Å². The highest BCUT2D eigenvalue weighted by molar-refractivity contribution is 5.76. The Morgan fingerprint density at radius 3 is 1.02 bits per heavy atom. The molecule has 0 aromatic heterocycles. The minimum Gasteiger partial charge on any atom is -0.394 e. The Bertz CT molecular complexity index is 1910. The second-order valence-electron chi connectivity index (χ2n) is 28.9. The highest BCUT2D eigenvalue weighted by Crippen LogP contribution is 2.33. The first-order valence-electron chi connectivity index (χ1n) is 40.2. The lowest BCUT2D eigenvalue weighted by molar-refractivity contribution is -0.379. The third-order valence-corrected chi connectivity index (χ3v) is 20.2. The van der Waals surface area contributed by atoms with Gasteiger partial charge in [-0.3, -0.25) is 4.79 Å². The van der Waals surface area contributed by atoms with E-state index in [2.05, 4.69) is 43.5 Å². The molecule has 0 spiro atoms. The average molecular weight is 1400 g/mol. The number of ether oxygens (including phenoxy) is 6. The first kappa shape index (κ1) is 90.2. The number of nitrogens with one attached hydrogen (secondary N) is 1. The van der Waals surface area contributed by atoms with Crippen molar-refractivity contribution in [2.24, 2.45) is 0 Å². The van der Waals surface area contributed by atoms with E-state index in [9.17, 15) is 61.0 Å². The van der Waals surface area contributed by atoms with Crippen LogP contribution >= 0.6 is 0 Å². The Kier molecular flexibility index (Phi) is 55.5. The van der Waals surface area contributed by atoms with Crippen LogP contribution in [-0.4, -0.2) is 193 Å². The normalized spacial score (nSPS) is 26.9. The van der Waals surface area contributed by atoms with E-state index in [1.807, 2.05) is 6.08 Å². The summed E-state index contributed by atoms with van der Waals surface area (Å²) in [5.74, 6) is -0.284. The Hall–Kier alpha value is -1.99. The largest absolute Gasteiger partial charge is 0.394 e. The molecule has 0 bridgehead atoms. The molecular formula is C79H147NO18. The third kappa shape index (κ3) is 40.3. The molecule has 0 saturated carbocycles. The number of allylic oxidation sites excluding steroid dienone is 5. The number of carbonyl (C=O) groups is 1. The summed E-state index contributed by atoms with van der Waals surface area (Å²) in [4.78, 5) is 13.4. The van der Waals surface area contributed by atoms with Crippen LogP contribution in [0.4, 0.5) is 0 Å². The van der Waals surface area contributed by atoms with Crippen LogP contribution in [0.25, 0.3) is 0 Å². The van der Waals surface area contributed by atoms with Crippen molar-refractivity contribution in [3.05, 3.63) is 36.5 Å². The van der Waals surface area contributed by atoms with E-state index < -0.39 is 124 Å². The number of hydrogen-bond donors (Lipinski definition) is 12. The molecule has 3 aliphatic rings. The minimum absolute atomic E-state index is 0.236. The molecule has 3 fully saturated rings. The van der Waals surface area contributed by atoms with Gasteiger partial charge in [0.2, 0.25) is 5.91 Å². The molecule has 3 saturated heterocycles. The maximum atomic E-state index is 13.4. The molecule has 19 nitrogen and oxygen atoms in total. The fourth-order valence-corrected chi connectivity index (χ4v) is 13.7. The summed E-state index contributed by atoms with van der Waals surface area (Å²) < 4.78 is 34.4. The standard InChI is InChI=1S/C79H147NO18/c1-3-5-7-9-11-13-15-17-19-21-23-25-26-27-28-29-30-31-32-33-34-35-36-37-38-40-42-44-46-48-50-52-54-56-63(84)62(80-67(85)57-55-53-51-49-47-45-43-41-39-24-22-20-18-16-14-12-10-8-6-4-2)61-93-77-73(91)70(88)75(65(59-82)95-77)98-79-74(92)71(89)76(66(60-83)96-79)97-78-72(90)69(87)68(86)64(58-81)94-78/h38,40,46,48,54,56,62-66,68-79,81-84,86-92H,3-37,39,41-45,47,49-53,55,57-61H2,1-2H3,(H,80,85)/b40-38+,48-46+,56-54+. The van der Waals surface area contributed by atoms with E-state index in [1.165, 1.54) is 250 Å². The Balaban J connectivity index is 1.38. The Morgan fingerprint density at radius 1 is 0.357 bits per heavy atom. The quantitative estimate of drug-likeness (QED) is 0.0199. The summed E-state index contributed by atoms with van der Waals surface area (Å²) in [6, 6.07) is -0.996. The van der Waals surface area contributed by atoms with Gasteiger partial charge in [0.1, 0.15) is 73.2 Å². The first-order valence-corrected chi connectivity index (χ1v) is 40.2. The molecule has 19 heteroatoms. The summed E-state index contributed by atoms with van der Waals surface area (Å²) in [6.45, 7) is 1.76. The van der Waals surface area contributed by atoms with Crippen LogP contribution in [0.1, 0.15) is 328 Å². The van der Waals surface area contributed by atoms with Gasteiger partial charge in [-0.25, -0.2) is 0 Å². The van der Waals surface area contributed by atoms with Crippen molar-refractivity contribution < 1.29 is 89.4 Å². The van der Waals surface area contributed by atoms with Gasteiger partial charge in [0, 0.05) is 6.42 Å². The molecule has 0 aliphatic carbocycles. The lowest BCUT2D eigenvalue weighted by Gasteiger charge is -2.48. The van der Waals surface area contributed by atoms with E-state index in [1.54, 1.807) is 6.08 Å². The van der Waals surface area contributed by atoms with E-state index in [4.69, 9.17) is 28.4 Å². The molecule has 576 valence electrons. The summed E-state index contributed by atoms with van der Waals surface area (Å²) in [7, 11) is 0. The zero-order chi connectivity index (χ0) is 71.1. The summed E-state index contributed by atoms with van der Waals surface area (Å²) in [5.41, 5.74) is 0. The molecule has 0 aromatic carbocycles. The topological polar surface area (TPSA) is 307 Å². The van der Waals surface area contributed by atoms with Crippen LogP contribution in [-0.2, 0) is 33.2 Å². The fourth-order valence-electron chi connectivity index (χ4n) is 13.7. The maximum absolute atomic E-state index is 13.4. The third-order valence-electron chi connectivity index (χ3n) is 20.2. The van der Waals surface area contributed by atoms with Gasteiger partial charge in [-0.15, -0.1) is 0 Å². The van der Waals surface area contributed by atoms with Crippen molar-refractivity contribution in [3.8, 4) is 0 Å². The first-order chi connectivity index (χ1) is 47.8. The van der Waals surface area contributed by atoms with Crippen LogP contribution in [0, 0.1) is 0 Å². The van der Waals surface area contributed by atoms with Crippen molar-refractivity contribution in [2.45, 2.75) is 433 Å². The van der Waals surface area contributed by atoms with Crippen molar-refractivity contribution in [1.29, 1.82) is 0 Å².